The Labute approximate surface area is 134 Å². The van der Waals surface area contributed by atoms with Gasteiger partial charge in [-0.3, -0.25) is 14.6 Å². The zero-order chi connectivity index (χ0) is 15.8. The minimum absolute atomic E-state index is 0.0111. The largest absolute Gasteiger partial charge is 0.375 e. The lowest BCUT2D eigenvalue weighted by Gasteiger charge is -2.22. The molecule has 7 heteroatoms. The van der Waals surface area contributed by atoms with Gasteiger partial charge in [-0.15, -0.1) is 11.8 Å². The molecule has 1 saturated heterocycles. The molecule has 2 amide bonds. The van der Waals surface area contributed by atoms with Crippen LogP contribution in [0, 0.1) is 0 Å². The molecule has 22 heavy (non-hydrogen) atoms. The first kappa shape index (κ1) is 16.8. The van der Waals surface area contributed by atoms with Crippen LogP contribution in [0.5, 0.6) is 0 Å². The Morgan fingerprint density at radius 2 is 1.77 bits per heavy atom. The monoisotopic (exact) mass is 323 g/mol. The van der Waals surface area contributed by atoms with Gasteiger partial charge in [0.1, 0.15) is 6.61 Å². The number of amides is 2. The minimum atomic E-state index is -0.0111. The van der Waals surface area contributed by atoms with Crippen LogP contribution in [0.15, 0.2) is 29.4 Å². The third-order valence-electron chi connectivity index (χ3n) is 3.48. The Bertz CT molecular complexity index is 498. The molecule has 2 heterocycles. The highest BCUT2D eigenvalue weighted by Crippen LogP contribution is 2.17. The number of ether oxygens (including phenoxy) is 1. The average molecular weight is 323 g/mol. The predicted molar refractivity (Wildman–Crippen MR) is 84.6 cm³/mol. The van der Waals surface area contributed by atoms with Crippen molar-refractivity contribution in [3.63, 3.8) is 0 Å². The Morgan fingerprint density at radius 1 is 1.14 bits per heavy atom. The fraction of sp³-hybridized carbons (Fsp3) is 0.533. The Hall–Kier alpha value is -1.60. The molecule has 0 unspecified atom stereocenters. The van der Waals surface area contributed by atoms with Crippen molar-refractivity contribution in [3.8, 4) is 0 Å². The van der Waals surface area contributed by atoms with Crippen molar-refractivity contribution in [2.45, 2.75) is 11.3 Å². The second kappa shape index (κ2) is 8.75. The van der Waals surface area contributed by atoms with Crippen molar-refractivity contribution in [3.05, 3.63) is 24.5 Å². The summed E-state index contributed by atoms with van der Waals surface area (Å²) in [6, 6.07) is 3.79. The number of methoxy groups -OCH3 is 1. The van der Waals surface area contributed by atoms with Crippen molar-refractivity contribution >= 4 is 23.6 Å². The molecule has 0 aromatic carbocycles. The zero-order valence-electron chi connectivity index (χ0n) is 12.7. The first-order chi connectivity index (χ1) is 10.7. The summed E-state index contributed by atoms with van der Waals surface area (Å²) < 4.78 is 4.88. The Kier molecular flexibility index (Phi) is 6.67. The van der Waals surface area contributed by atoms with Crippen molar-refractivity contribution < 1.29 is 14.3 Å². The van der Waals surface area contributed by atoms with Crippen LogP contribution in [0.2, 0.25) is 0 Å². The molecule has 1 aromatic heterocycles. The first-order valence-electron chi connectivity index (χ1n) is 7.28. The molecular weight excluding hydrogens is 302 g/mol. The molecule has 0 spiro atoms. The molecule has 1 aliphatic heterocycles. The number of carbonyl (C=O) groups is 2. The summed E-state index contributed by atoms with van der Waals surface area (Å²) in [6.07, 6.45) is 4.25. The summed E-state index contributed by atoms with van der Waals surface area (Å²) in [5, 5.41) is 0. The van der Waals surface area contributed by atoms with E-state index in [-0.39, 0.29) is 18.4 Å². The van der Waals surface area contributed by atoms with Gasteiger partial charge in [-0.05, 0) is 18.6 Å². The maximum atomic E-state index is 12.3. The molecule has 0 radical (unpaired) electrons. The van der Waals surface area contributed by atoms with Gasteiger partial charge in [0.2, 0.25) is 11.8 Å². The van der Waals surface area contributed by atoms with Gasteiger partial charge in [0, 0.05) is 50.6 Å². The fourth-order valence-electron chi connectivity index (χ4n) is 2.30. The van der Waals surface area contributed by atoms with Gasteiger partial charge in [-0.25, -0.2) is 0 Å². The minimum Gasteiger partial charge on any atom is -0.375 e. The molecule has 0 N–H and O–H groups in total. The van der Waals surface area contributed by atoms with E-state index in [0.29, 0.717) is 31.9 Å². The van der Waals surface area contributed by atoms with Gasteiger partial charge in [0.05, 0.1) is 5.75 Å². The highest BCUT2D eigenvalue weighted by Gasteiger charge is 2.21. The lowest BCUT2D eigenvalue weighted by atomic mass is 10.4. The van der Waals surface area contributed by atoms with E-state index in [1.165, 1.54) is 18.9 Å². The number of carbonyl (C=O) groups excluding carboxylic acids is 2. The number of aromatic nitrogens is 1. The van der Waals surface area contributed by atoms with E-state index in [1.54, 1.807) is 17.3 Å². The molecule has 0 atom stereocenters. The molecule has 6 nitrogen and oxygen atoms in total. The van der Waals surface area contributed by atoms with Gasteiger partial charge in [-0.1, -0.05) is 0 Å². The van der Waals surface area contributed by atoms with Crippen LogP contribution in [0.1, 0.15) is 6.42 Å². The molecule has 0 aliphatic carbocycles. The SMILES string of the molecule is COCC(=O)N1CCCN(C(=O)CSc2ccncc2)CC1. The molecule has 1 aromatic rings. The van der Waals surface area contributed by atoms with Crippen LogP contribution in [-0.4, -0.2) is 72.2 Å². The number of rotatable bonds is 5. The van der Waals surface area contributed by atoms with E-state index in [9.17, 15) is 9.59 Å². The van der Waals surface area contributed by atoms with Crippen LogP contribution < -0.4 is 0 Å². The van der Waals surface area contributed by atoms with E-state index >= 15 is 0 Å². The number of hydrogen-bond acceptors (Lipinski definition) is 5. The third-order valence-corrected chi connectivity index (χ3v) is 4.48. The highest BCUT2D eigenvalue weighted by atomic mass is 32.2. The van der Waals surface area contributed by atoms with E-state index < -0.39 is 0 Å². The topological polar surface area (TPSA) is 62.7 Å². The second-order valence-corrected chi connectivity index (χ2v) is 6.07. The lowest BCUT2D eigenvalue weighted by molar-refractivity contribution is -0.135. The molecular formula is C15H21N3O3S. The van der Waals surface area contributed by atoms with Crippen LogP contribution in [0.25, 0.3) is 0 Å². The Morgan fingerprint density at radius 3 is 2.41 bits per heavy atom. The van der Waals surface area contributed by atoms with Gasteiger partial charge >= 0.3 is 0 Å². The lowest BCUT2D eigenvalue weighted by Crippen LogP contribution is -2.39. The van der Waals surface area contributed by atoms with E-state index in [2.05, 4.69) is 4.98 Å². The normalized spacial score (nSPS) is 15.5. The van der Waals surface area contributed by atoms with Crippen molar-refractivity contribution in [1.29, 1.82) is 0 Å². The first-order valence-corrected chi connectivity index (χ1v) is 8.26. The van der Waals surface area contributed by atoms with Gasteiger partial charge in [-0.2, -0.15) is 0 Å². The van der Waals surface area contributed by atoms with Crippen LogP contribution >= 0.6 is 11.8 Å². The van der Waals surface area contributed by atoms with Crippen LogP contribution in [-0.2, 0) is 14.3 Å². The van der Waals surface area contributed by atoms with E-state index in [0.717, 1.165) is 11.3 Å². The van der Waals surface area contributed by atoms with Crippen molar-refractivity contribution in [2.24, 2.45) is 0 Å². The number of nitrogens with zero attached hydrogens (tertiary/aromatic N) is 3. The number of thioether (sulfide) groups is 1. The predicted octanol–water partition coefficient (Wildman–Crippen LogP) is 0.881. The van der Waals surface area contributed by atoms with Gasteiger partial charge in [0.15, 0.2) is 0 Å². The molecule has 0 saturated carbocycles. The molecule has 2 rings (SSSR count). The zero-order valence-corrected chi connectivity index (χ0v) is 13.6. The highest BCUT2D eigenvalue weighted by molar-refractivity contribution is 8.00. The summed E-state index contributed by atoms with van der Waals surface area (Å²) in [5.74, 6) is 0.515. The fourth-order valence-corrected chi connectivity index (χ4v) is 3.09. The summed E-state index contributed by atoms with van der Waals surface area (Å²) >= 11 is 1.51. The number of pyridine rings is 1. The smallest absolute Gasteiger partial charge is 0.248 e. The summed E-state index contributed by atoms with van der Waals surface area (Å²) in [5.41, 5.74) is 0. The van der Waals surface area contributed by atoms with Crippen LogP contribution in [0.4, 0.5) is 0 Å². The van der Waals surface area contributed by atoms with E-state index in [4.69, 9.17) is 4.74 Å². The van der Waals surface area contributed by atoms with Gasteiger partial charge in [0.25, 0.3) is 0 Å². The third kappa shape index (κ3) is 4.99. The van der Waals surface area contributed by atoms with E-state index in [1.807, 2.05) is 17.0 Å². The van der Waals surface area contributed by atoms with Crippen molar-refractivity contribution in [1.82, 2.24) is 14.8 Å². The second-order valence-electron chi connectivity index (χ2n) is 5.02. The van der Waals surface area contributed by atoms with Crippen LogP contribution in [0.3, 0.4) is 0 Å². The quantitative estimate of drug-likeness (QED) is 0.753. The standard InChI is InChI=1S/C15H21N3O3S/c1-21-11-14(19)17-7-2-8-18(10-9-17)15(20)12-22-13-3-5-16-6-4-13/h3-6H,2,7-12H2,1H3. The Balaban J connectivity index is 1.80. The maximum Gasteiger partial charge on any atom is 0.248 e. The summed E-state index contributed by atoms with van der Waals surface area (Å²) in [4.78, 5) is 32.7. The average Bonchev–Trinajstić information content (AvgIpc) is 2.80. The van der Waals surface area contributed by atoms with Crippen molar-refractivity contribution in [2.75, 3.05) is 45.6 Å². The molecule has 1 aliphatic rings. The molecule has 1 fully saturated rings. The summed E-state index contributed by atoms with van der Waals surface area (Å²) in [7, 11) is 1.52. The number of hydrogen-bond donors (Lipinski definition) is 0. The maximum absolute atomic E-state index is 12.3. The summed E-state index contributed by atoms with van der Waals surface area (Å²) in [6.45, 7) is 2.65. The van der Waals surface area contributed by atoms with Gasteiger partial charge < -0.3 is 14.5 Å². The molecule has 0 bridgehead atoms. The molecule has 120 valence electrons.